The zero-order valence-electron chi connectivity index (χ0n) is 15.1. The van der Waals surface area contributed by atoms with Crippen LogP contribution in [0.3, 0.4) is 0 Å². The Hall–Kier alpha value is -1.93. The highest BCUT2D eigenvalue weighted by molar-refractivity contribution is 7.15. The lowest BCUT2D eigenvalue weighted by atomic mass is 9.97. The predicted molar refractivity (Wildman–Crippen MR) is 99.4 cm³/mol. The van der Waals surface area contributed by atoms with Crippen LogP contribution >= 0.6 is 11.3 Å². The summed E-state index contributed by atoms with van der Waals surface area (Å²) in [5, 5.41) is 3.78. The quantitative estimate of drug-likeness (QED) is 0.829. The molecular formula is C19H22F3N3OS. The summed E-state index contributed by atoms with van der Waals surface area (Å²) in [7, 11) is 0. The molecule has 0 unspecified atom stereocenters. The molecule has 1 N–H and O–H groups in total. The standard InChI is InChI=1S/C19H22F3N3OS/c1-13-16(27-18(24-13)14-6-3-2-4-7-14)10-23-17(26)15-8-5-9-25(11-15)12-19(20,21)22/h2-4,6-7,15H,5,8-12H2,1H3,(H,23,26)/t15-/m0/s1. The van der Waals surface area contributed by atoms with Crippen LogP contribution in [0, 0.1) is 12.8 Å². The van der Waals surface area contributed by atoms with Crippen LogP contribution in [-0.4, -0.2) is 41.6 Å². The van der Waals surface area contributed by atoms with E-state index in [1.54, 1.807) is 0 Å². The van der Waals surface area contributed by atoms with Crippen molar-refractivity contribution < 1.29 is 18.0 Å². The minimum Gasteiger partial charge on any atom is -0.351 e. The maximum atomic E-state index is 12.6. The normalized spacial score (nSPS) is 18.4. The van der Waals surface area contributed by atoms with Gasteiger partial charge in [-0.3, -0.25) is 9.69 Å². The van der Waals surface area contributed by atoms with Crippen LogP contribution in [0.25, 0.3) is 10.6 Å². The van der Waals surface area contributed by atoms with Gasteiger partial charge in [0, 0.05) is 17.0 Å². The van der Waals surface area contributed by atoms with Gasteiger partial charge in [0.25, 0.3) is 0 Å². The molecule has 1 aliphatic heterocycles. The fraction of sp³-hybridized carbons (Fsp3) is 0.474. The minimum atomic E-state index is -4.23. The number of aryl methyl sites for hydroxylation is 1. The van der Waals surface area contributed by atoms with Crippen molar-refractivity contribution in [2.45, 2.75) is 32.5 Å². The predicted octanol–water partition coefficient (Wildman–Crippen LogP) is 4.01. The second-order valence-electron chi connectivity index (χ2n) is 6.80. The Morgan fingerprint density at radius 1 is 1.33 bits per heavy atom. The Morgan fingerprint density at radius 3 is 2.78 bits per heavy atom. The van der Waals surface area contributed by atoms with Crippen molar-refractivity contribution in [1.82, 2.24) is 15.2 Å². The molecule has 1 fully saturated rings. The van der Waals surface area contributed by atoms with E-state index in [1.807, 2.05) is 37.3 Å². The van der Waals surface area contributed by atoms with Gasteiger partial charge >= 0.3 is 6.18 Å². The van der Waals surface area contributed by atoms with Crippen molar-refractivity contribution in [1.29, 1.82) is 0 Å². The Bertz CT molecular complexity index is 776. The molecule has 1 aliphatic rings. The highest BCUT2D eigenvalue weighted by Gasteiger charge is 2.34. The summed E-state index contributed by atoms with van der Waals surface area (Å²) in [6.45, 7) is 1.84. The number of hydrogen-bond acceptors (Lipinski definition) is 4. The maximum Gasteiger partial charge on any atom is 0.401 e. The molecule has 2 aromatic rings. The first kappa shape index (κ1) is 19.8. The van der Waals surface area contributed by atoms with E-state index in [0.717, 1.165) is 21.1 Å². The number of alkyl halides is 3. The van der Waals surface area contributed by atoms with E-state index in [1.165, 1.54) is 16.2 Å². The van der Waals surface area contributed by atoms with Gasteiger partial charge in [-0.15, -0.1) is 11.3 Å². The number of thiazole rings is 1. The summed E-state index contributed by atoms with van der Waals surface area (Å²) in [5.41, 5.74) is 1.89. The Labute approximate surface area is 160 Å². The molecule has 0 saturated carbocycles. The molecule has 3 rings (SSSR count). The monoisotopic (exact) mass is 397 g/mol. The highest BCUT2D eigenvalue weighted by atomic mass is 32.1. The molecule has 0 aliphatic carbocycles. The number of nitrogens with one attached hydrogen (secondary N) is 1. The summed E-state index contributed by atoms with van der Waals surface area (Å²) in [6, 6.07) is 9.81. The molecule has 4 nitrogen and oxygen atoms in total. The first-order valence-electron chi connectivity index (χ1n) is 8.90. The van der Waals surface area contributed by atoms with E-state index < -0.39 is 18.6 Å². The molecule has 146 valence electrons. The number of hydrogen-bond donors (Lipinski definition) is 1. The van der Waals surface area contributed by atoms with Crippen molar-refractivity contribution >= 4 is 17.2 Å². The van der Waals surface area contributed by atoms with E-state index in [4.69, 9.17) is 0 Å². The third kappa shape index (κ3) is 5.52. The van der Waals surface area contributed by atoms with E-state index in [9.17, 15) is 18.0 Å². The van der Waals surface area contributed by atoms with Gasteiger partial charge in [-0.1, -0.05) is 30.3 Å². The van der Waals surface area contributed by atoms with Crippen LogP contribution in [0.5, 0.6) is 0 Å². The number of rotatable bonds is 5. The number of aromatic nitrogens is 1. The summed E-state index contributed by atoms with van der Waals surface area (Å²) >= 11 is 1.52. The van der Waals surface area contributed by atoms with Crippen molar-refractivity contribution in [3.63, 3.8) is 0 Å². The molecule has 27 heavy (non-hydrogen) atoms. The van der Waals surface area contributed by atoms with Gasteiger partial charge in [0.1, 0.15) is 5.01 Å². The number of benzene rings is 1. The van der Waals surface area contributed by atoms with Crippen LogP contribution < -0.4 is 5.32 Å². The van der Waals surface area contributed by atoms with Crippen molar-refractivity contribution in [3.05, 3.63) is 40.9 Å². The largest absolute Gasteiger partial charge is 0.401 e. The summed E-state index contributed by atoms with van der Waals surface area (Å²) in [4.78, 5) is 19.3. The molecular weight excluding hydrogens is 375 g/mol. The molecule has 1 aromatic heterocycles. The summed E-state index contributed by atoms with van der Waals surface area (Å²) in [6.07, 6.45) is -3.00. The topological polar surface area (TPSA) is 45.2 Å². The average molecular weight is 397 g/mol. The molecule has 1 saturated heterocycles. The number of nitrogens with zero attached hydrogens (tertiary/aromatic N) is 2. The third-order valence-electron chi connectivity index (χ3n) is 4.62. The van der Waals surface area contributed by atoms with Crippen molar-refractivity contribution in [3.8, 4) is 10.6 Å². The number of likely N-dealkylation sites (tertiary alicyclic amines) is 1. The zero-order chi connectivity index (χ0) is 19.4. The minimum absolute atomic E-state index is 0.155. The van der Waals surface area contributed by atoms with Gasteiger partial charge in [0.2, 0.25) is 5.91 Å². The number of amides is 1. The number of piperidine rings is 1. The first-order valence-corrected chi connectivity index (χ1v) is 9.72. The van der Waals surface area contributed by atoms with E-state index in [2.05, 4.69) is 10.3 Å². The SMILES string of the molecule is Cc1nc(-c2ccccc2)sc1CNC(=O)[C@H]1CCCN(CC(F)(F)F)C1. The molecule has 2 heterocycles. The molecule has 0 spiro atoms. The third-order valence-corrected chi connectivity index (χ3v) is 5.82. The molecule has 1 aromatic carbocycles. The lowest BCUT2D eigenvalue weighted by molar-refractivity contribution is -0.152. The van der Waals surface area contributed by atoms with E-state index >= 15 is 0 Å². The van der Waals surface area contributed by atoms with Gasteiger partial charge in [-0.05, 0) is 26.3 Å². The molecule has 1 atom stereocenters. The fourth-order valence-electron chi connectivity index (χ4n) is 3.27. The second-order valence-corrected chi connectivity index (χ2v) is 7.88. The summed E-state index contributed by atoms with van der Waals surface area (Å²) < 4.78 is 37.7. The highest BCUT2D eigenvalue weighted by Crippen LogP contribution is 2.28. The van der Waals surface area contributed by atoms with Crippen LogP contribution in [0.15, 0.2) is 30.3 Å². The maximum absolute atomic E-state index is 12.6. The van der Waals surface area contributed by atoms with Crippen LogP contribution in [0.4, 0.5) is 13.2 Å². The van der Waals surface area contributed by atoms with Gasteiger partial charge in [-0.25, -0.2) is 4.98 Å². The molecule has 0 bridgehead atoms. The molecule has 1 amide bonds. The number of halogens is 3. The van der Waals surface area contributed by atoms with Gasteiger partial charge in [0.05, 0.1) is 24.7 Å². The van der Waals surface area contributed by atoms with E-state index in [0.29, 0.717) is 25.9 Å². The smallest absolute Gasteiger partial charge is 0.351 e. The number of carbonyl (C=O) groups excluding carboxylic acids is 1. The number of carbonyl (C=O) groups is 1. The Kier molecular flexibility index (Phi) is 6.16. The first-order chi connectivity index (χ1) is 12.8. The van der Waals surface area contributed by atoms with Gasteiger partial charge in [-0.2, -0.15) is 13.2 Å². The lowest BCUT2D eigenvalue weighted by Gasteiger charge is -2.32. The fourth-order valence-corrected chi connectivity index (χ4v) is 4.28. The van der Waals surface area contributed by atoms with Crippen molar-refractivity contribution in [2.24, 2.45) is 5.92 Å². The summed E-state index contributed by atoms with van der Waals surface area (Å²) in [5.74, 6) is -0.584. The second kappa shape index (κ2) is 8.39. The van der Waals surface area contributed by atoms with Gasteiger partial charge < -0.3 is 5.32 Å². The zero-order valence-corrected chi connectivity index (χ0v) is 15.9. The van der Waals surface area contributed by atoms with Gasteiger partial charge in [0.15, 0.2) is 0 Å². The van der Waals surface area contributed by atoms with Crippen LogP contribution in [0.1, 0.15) is 23.4 Å². The lowest BCUT2D eigenvalue weighted by Crippen LogP contribution is -2.45. The average Bonchev–Trinajstić information content (AvgIpc) is 3.00. The van der Waals surface area contributed by atoms with Crippen molar-refractivity contribution in [2.75, 3.05) is 19.6 Å². The Morgan fingerprint density at radius 2 is 2.07 bits per heavy atom. The van der Waals surface area contributed by atoms with Crippen LogP contribution in [-0.2, 0) is 11.3 Å². The molecule has 0 radical (unpaired) electrons. The van der Waals surface area contributed by atoms with Crippen LogP contribution in [0.2, 0.25) is 0 Å². The molecule has 8 heteroatoms. The Balaban J connectivity index is 1.57. The van der Waals surface area contributed by atoms with E-state index in [-0.39, 0.29) is 12.5 Å².